The number of fused-ring (bicyclic) bond motifs is 1. The van der Waals surface area contributed by atoms with Crippen LogP contribution in [-0.2, 0) is 9.59 Å². The maximum absolute atomic E-state index is 13.6. The van der Waals surface area contributed by atoms with Crippen LogP contribution in [0.15, 0.2) is 53.4 Å². The zero-order valence-corrected chi connectivity index (χ0v) is 22.8. The first-order valence-electron chi connectivity index (χ1n) is 12.0. The number of aryl methyl sites for hydroxylation is 3. The highest BCUT2D eigenvalue weighted by Gasteiger charge is 2.31. The highest BCUT2D eigenvalue weighted by Crippen LogP contribution is 2.49. The highest BCUT2D eigenvalue weighted by atomic mass is 32.2. The summed E-state index contributed by atoms with van der Waals surface area (Å²) in [5.41, 5.74) is 5.51. The summed E-state index contributed by atoms with van der Waals surface area (Å²) in [5.74, 6) is 1.18. The molecule has 4 rings (SSSR count). The molecule has 0 aromatic heterocycles. The van der Waals surface area contributed by atoms with Crippen molar-refractivity contribution in [2.45, 2.75) is 37.3 Å². The molecule has 1 aliphatic rings. The van der Waals surface area contributed by atoms with Crippen molar-refractivity contribution in [3.63, 3.8) is 0 Å². The molecular weight excluding hydrogens is 488 g/mol. The van der Waals surface area contributed by atoms with Crippen LogP contribution in [0.4, 0.5) is 11.4 Å². The molecule has 0 fully saturated rings. The summed E-state index contributed by atoms with van der Waals surface area (Å²) in [7, 11) is 4.70. The predicted octanol–water partition coefficient (Wildman–Crippen LogP) is 5.85. The molecule has 1 aliphatic heterocycles. The quantitative estimate of drug-likeness (QED) is 0.421. The van der Waals surface area contributed by atoms with Crippen LogP contribution in [0.5, 0.6) is 17.2 Å². The molecule has 2 amide bonds. The molecule has 0 saturated carbocycles. The number of rotatable bonds is 7. The smallest absolute Gasteiger partial charge is 0.244 e. The summed E-state index contributed by atoms with van der Waals surface area (Å²) in [5, 5.41) is 2.81. The van der Waals surface area contributed by atoms with Crippen LogP contribution in [0.25, 0.3) is 0 Å². The molecule has 1 heterocycles. The Hall–Kier alpha value is -3.65. The number of amides is 2. The van der Waals surface area contributed by atoms with Crippen LogP contribution >= 0.6 is 11.8 Å². The van der Waals surface area contributed by atoms with E-state index in [9.17, 15) is 9.59 Å². The minimum Gasteiger partial charge on any atom is -0.493 e. The lowest BCUT2D eigenvalue weighted by molar-refractivity contribution is -0.121. The number of anilines is 2. The third-order valence-corrected chi connectivity index (χ3v) is 7.71. The van der Waals surface area contributed by atoms with Crippen molar-refractivity contribution < 1.29 is 23.8 Å². The number of thioether (sulfide) groups is 1. The summed E-state index contributed by atoms with van der Waals surface area (Å²) < 4.78 is 16.5. The summed E-state index contributed by atoms with van der Waals surface area (Å²) in [4.78, 5) is 29.3. The molecule has 3 aromatic carbocycles. The topological polar surface area (TPSA) is 77.1 Å². The van der Waals surface area contributed by atoms with Crippen molar-refractivity contribution in [2.75, 3.05) is 38.1 Å². The van der Waals surface area contributed by atoms with Gasteiger partial charge in [-0.15, -0.1) is 11.8 Å². The van der Waals surface area contributed by atoms with Crippen LogP contribution in [0.3, 0.4) is 0 Å². The number of benzene rings is 3. The number of hydrogen-bond acceptors (Lipinski definition) is 6. The monoisotopic (exact) mass is 520 g/mol. The van der Waals surface area contributed by atoms with E-state index in [0.29, 0.717) is 17.2 Å². The molecule has 37 heavy (non-hydrogen) atoms. The molecular formula is C29H32N2O5S. The molecule has 0 bridgehead atoms. The van der Waals surface area contributed by atoms with Gasteiger partial charge in [0.15, 0.2) is 11.5 Å². The number of carbonyl (C=O) groups excluding carboxylic acids is 2. The third-order valence-electron chi connectivity index (χ3n) is 6.39. The van der Waals surface area contributed by atoms with Crippen LogP contribution in [0, 0.1) is 20.8 Å². The van der Waals surface area contributed by atoms with Gasteiger partial charge < -0.3 is 24.4 Å². The van der Waals surface area contributed by atoms with Crippen molar-refractivity contribution in [2.24, 2.45) is 0 Å². The lowest BCUT2D eigenvalue weighted by Gasteiger charge is -2.23. The number of nitrogens with one attached hydrogen (secondary N) is 1. The van der Waals surface area contributed by atoms with E-state index < -0.39 is 0 Å². The normalized spacial score (nSPS) is 15.0. The SMILES string of the molecule is COc1cc([C@@H]2CC(=O)N(CC(=O)Nc3c(C)cc(C)cc3C)c3ccccc3S2)cc(OC)c1OC. The van der Waals surface area contributed by atoms with Gasteiger partial charge in [0.1, 0.15) is 6.54 Å². The van der Waals surface area contributed by atoms with Crippen LogP contribution in [0.2, 0.25) is 0 Å². The second-order valence-corrected chi connectivity index (χ2v) is 10.3. The summed E-state index contributed by atoms with van der Waals surface area (Å²) >= 11 is 1.58. The van der Waals surface area contributed by atoms with Crippen molar-refractivity contribution in [3.05, 3.63) is 70.8 Å². The fourth-order valence-electron chi connectivity index (χ4n) is 4.72. The van der Waals surface area contributed by atoms with E-state index >= 15 is 0 Å². The minimum absolute atomic E-state index is 0.0782. The number of ether oxygens (including phenoxy) is 3. The van der Waals surface area contributed by atoms with Crippen molar-refractivity contribution in [1.82, 2.24) is 0 Å². The molecule has 7 nitrogen and oxygen atoms in total. The van der Waals surface area contributed by atoms with E-state index in [1.54, 1.807) is 38.0 Å². The first kappa shape index (κ1) is 26.4. The number of methoxy groups -OCH3 is 3. The summed E-state index contributed by atoms with van der Waals surface area (Å²) in [6, 6.07) is 15.5. The fraction of sp³-hybridized carbons (Fsp3) is 0.310. The Balaban J connectivity index is 1.64. The van der Waals surface area contributed by atoms with E-state index in [4.69, 9.17) is 14.2 Å². The second kappa shape index (κ2) is 11.2. The van der Waals surface area contributed by atoms with Crippen LogP contribution < -0.4 is 24.4 Å². The second-order valence-electron chi connectivity index (χ2n) is 9.04. The van der Waals surface area contributed by atoms with Gasteiger partial charge in [0.05, 0.1) is 27.0 Å². The minimum atomic E-state index is -0.241. The molecule has 1 atom stereocenters. The van der Waals surface area contributed by atoms with Gasteiger partial charge >= 0.3 is 0 Å². The molecule has 0 spiro atoms. The molecule has 194 valence electrons. The fourth-order valence-corrected chi connectivity index (χ4v) is 5.98. The number of nitrogens with zero attached hydrogens (tertiary/aromatic N) is 1. The van der Waals surface area contributed by atoms with Gasteiger partial charge in [-0.2, -0.15) is 0 Å². The van der Waals surface area contributed by atoms with E-state index in [-0.39, 0.29) is 30.0 Å². The van der Waals surface area contributed by atoms with Gasteiger partial charge in [-0.05, 0) is 61.7 Å². The molecule has 0 radical (unpaired) electrons. The third kappa shape index (κ3) is 5.54. The molecule has 0 aliphatic carbocycles. The van der Waals surface area contributed by atoms with Gasteiger partial charge in [0.2, 0.25) is 17.6 Å². The summed E-state index contributed by atoms with van der Waals surface area (Å²) in [6.45, 7) is 5.90. The van der Waals surface area contributed by atoms with Crippen LogP contribution in [-0.4, -0.2) is 39.7 Å². The van der Waals surface area contributed by atoms with Crippen molar-refractivity contribution in [1.29, 1.82) is 0 Å². The number of hydrogen-bond donors (Lipinski definition) is 1. The van der Waals surface area contributed by atoms with Gasteiger partial charge in [0, 0.05) is 22.3 Å². The van der Waals surface area contributed by atoms with E-state index in [1.165, 1.54) is 0 Å². The first-order valence-corrected chi connectivity index (χ1v) is 12.9. The standard InChI is InChI=1S/C29H32N2O5S/c1-17-11-18(2)28(19(3)12-17)30-26(32)16-31-21-9-7-8-10-24(21)37-25(15-27(31)33)20-13-22(34-4)29(36-6)23(14-20)35-5/h7-14,25H,15-16H2,1-6H3,(H,30,32)/t25-/m0/s1. The Morgan fingerprint density at radius 2 is 1.59 bits per heavy atom. The van der Waals surface area contributed by atoms with Gasteiger partial charge in [-0.25, -0.2) is 0 Å². The lowest BCUT2D eigenvalue weighted by atomic mass is 10.0. The zero-order valence-electron chi connectivity index (χ0n) is 22.0. The zero-order chi connectivity index (χ0) is 26.7. The van der Waals surface area contributed by atoms with Gasteiger partial charge in [-0.3, -0.25) is 9.59 Å². The Morgan fingerprint density at radius 1 is 0.973 bits per heavy atom. The van der Waals surface area contributed by atoms with Gasteiger partial charge in [-0.1, -0.05) is 29.8 Å². The Morgan fingerprint density at radius 3 is 2.19 bits per heavy atom. The van der Waals surface area contributed by atoms with Crippen molar-refractivity contribution >= 4 is 35.0 Å². The maximum atomic E-state index is 13.6. The van der Waals surface area contributed by atoms with Crippen molar-refractivity contribution in [3.8, 4) is 17.2 Å². The van der Waals surface area contributed by atoms with E-state index in [2.05, 4.69) is 5.32 Å². The average molecular weight is 521 g/mol. The average Bonchev–Trinajstić information content (AvgIpc) is 3.01. The highest BCUT2D eigenvalue weighted by molar-refractivity contribution is 7.99. The first-order chi connectivity index (χ1) is 17.7. The summed E-state index contributed by atoms with van der Waals surface area (Å²) in [6.07, 6.45) is 0.202. The molecule has 0 saturated heterocycles. The largest absolute Gasteiger partial charge is 0.493 e. The molecule has 1 N–H and O–H groups in total. The molecule has 0 unspecified atom stereocenters. The number of para-hydroxylation sites is 1. The number of carbonyl (C=O) groups is 2. The van der Waals surface area contributed by atoms with E-state index in [0.717, 1.165) is 38.5 Å². The van der Waals surface area contributed by atoms with E-state index in [1.807, 2.05) is 69.3 Å². The Bertz CT molecular complexity index is 1290. The van der Waals surface area contributed by atoms with Gasteiger partial charge in [0.25, 0.3) is 0 Å². The van der Waals surface area contributed by atoms with Crippen LogP contribution in [0.1, 0.15) is 33.9 Å². The maximum Gasteiger partial charge on any atom is 0.244 e. The predicted molar refractivity (Wildman–Crippen MR) is 147 cm³/mol. The molecule has 3 aromatic rings. The lowest BCUT2D eigenvalue weighted by Crippen LogP contribution is -2.38. The molecule has 8 heteroatoms. The Labute approximate surface area is 222 Å². The Kier molecular flexibility index (Phi) is 7.97.